The Balaban J connectivity index is 1.90. The number of rotatable bonds is 9. The Labute approximate surface area is 175 Å². The molecule has 0 bridgehead atoms. The Hall–Kier alpha value is -2.99. The van der Waals surface area contributed by atoms with Gasteiger partial charge in [-0.3, -0.25) is 4.79 Å². The monoisotopic (exact) mass is 417 g/mol. The minimum Gasteiger partial charge on any atom is -0.491 e. The normalized spacial score (nSPS) is 11.7. The largest absolute Gasteiger partial charge is 0.491 e. The second-order valence-electron chi connectivity index (χ2n) is 6.11. The summed E-state index contributed by atoms with van der Waals surface area (Å²) in [5, 5.41) is 3.14. The van der Waals surface area contributed by atoms with E-state index in [1.807, 2.05) is 44.2 Å². The summed E-state index contributed by atoms with van der Waals surface area (Å²) in [7, 11) is 1.50. The number of methoxy groups -OCH3 is 1. The molecule has 0 unspecified atom stereocenters. The maximum Gasteiger partial charge on any atom is 0.331 e. The summed E-state index contributed by atoms with van der Waals surface area (Å²) in [5.74, 6) is -0.117. The molecule has 0 aliphatic carbocycles. The van der Waals surface area contributed by atoms with Crippen molar-refractivity contribution in [3.8, 4) is 11.5 Å². The molecule has 1 N–H and O–H groups in total. The van der Waals surface area contributed by atoms with Gasteiger partial charge in [0.05, 0.1) is 24.8 Å². The van der Waals surface area contributed by atoms with E-state index < -0.39 is 5.97 Å². The lowest BCUT2D eigenvalue weighted by Gasteiger charge is -2.14. The van der Waals surface area contributed by atoms with Crippen molar-refractivity contribution in [2.75, 3.05) is 20.3 Å². The molecule has 2 aromatic carbocycles. The van der Waals surface area contributed by atoms with E-state index in [-0.39, 0.29) is 18.6 Å². The first kappa shape index (κ1) is 22.3. The quantitative estimate of drug-likeness (QED) is 0.489. The summed E-state index contributed by atoms with van der Waals surface area (Å²) in [6.07, 6.45) is 2.75. The van der Waals surface area contributed by atoms with Crippen LogP contribution >= 0.6 is 11.6 Å². The fraction of sp³-hybridized carbons (Fsp3) is 0.273. The fourth-order valence-corrected chi connectivity index (χ4v) is 2.90. The van der Waals surface area contributed by atoms with Crippen LogP contribution in [-0.2, 0) is 14.3 Å². The summed E-state index contributed by atoms with van der Waals surface area (Å²) in [6, 6.07) is 12.7. The van der Waals surface area contributed by atoms with E-state index >= 15 is 0 Å². The molecule has 1 amide bonds. The molecular formula is C22H24ClNO5. The van der Waals surface area contributed by atoms with Gasteiger partial charge in [0.15, 0.2) is 18.1 Å². The van der Waals surface area contributed by atoms with Crippen LogP contribution < -0.4 is 14.8 Å². The molecule has 0 radical (unpaired) electrons. The molecule has 2 aromatic rings. The number of halogens is 1. The summed E-state index contributed by atoms with van der Waals surface area (Å²) in [6.45, 7) is 3.78. The van der Waals surface area contributed by atoms with Crippen LogP contribution in [-0.4, -0.2) is 32.2 Å². The van der Waals surface area contributed by atoms with Gasteiger partial charge in [0.25, 0.3) is 5.91 Å². The van der Waals surface area contributed by atoms with Gasteiger partial charge in [0, 0.05) is 6.08 Å². The van der Waals surface area contributed by atoms with Crippen molar-refractivity contribution in [1.29, 1.82) is 0 Å². The van der Waals surface area contributed by atoms with E-state index in [0.29, 0.717) is 28.7 Å². The third kappa shape index (κ3) is 6.84. The smallest absolute Gasteiger partial charge is 0.331 e. The van der Waals surface area contributed by atoms with E-state index in [0.717, 1.165) is 5.56 Å². The topological polar surface area (TPSA) is 73.9 Å². The number of hydrogen-bond donors (Lipinski definition) is 1. The first-order valence-electron chi connectivity index (χ1n) is 9.14. The molecule has 0 saturated heterocycles. The second-order valence-corrected chi connectivity index (χ2v) is 6.52. The third-order valence-electron chi connectivity index (χ3n) is 3.97. The van der Waals surface area contributed by atoms with Crippen molar-refractivity contribution >= 4 is 29.6 Å². The van der Waals surface area contributed by atoms with E-state index in [1.165, 1.54) is 19.3 Å². The van der Waals surface area contributed by atoms with Gasteiger partial charge in [0.1, 0.15) is 0 Å². The number of nitrogens with one attached hydrogen (secondary N) is 1. The highest BCUT2D eigenvalue weighted by atomic mass is 35.5. The van der Waals surface area contributed by atoms with Crippen molar-refractivity contribution in [3.63, 3.8) is 0 Å². The number of ether oxygens (including phenoxy) is 3. The van der Waals surface area contributed by atoms with E-state index in [2.05, 4.69) is 5.32 Å². The first-order chi connectivity index (χ1) is 13.9. The Bertz CT molecular complexity index is 867. The van der Waals surface area contributed by atoms with Crippen LogP contribution in [0.4, 0.5) is 0 Å². The van der Waals surface area contributed by atoms with Gasteiger partial charge in [-0.1, -0.05) is 41.9 Å². The molecule has 7 heteroatoms. The second kappa shape index (κ2) is 11.1. The Morgan fingerprint density at radius 2 is 1.93 bits per heavy atom. The minimum absolute atomic E-state index is 0.184. The number of carbonyl (C=O) groups is 2. The zero-order chi connectivity index (χ0) is 21.2. The van der Waals surface area contributed by atoms with E-state index in [4.69, 9.17) is 25.8 Å². The first-order valence-corrected chi connectivity index (χ1v) is 9.51. The van der Waals surface area contributed by atoms with Crippen LogP contribution in [0.5, 0.6) is 11.5 Å². The average molecular weight is 418 g/mol. The predicted octanol–water partition coefficient (Wildman–Crippen LogP) is 4.18. The van der Waals surface area contributed by atoms with Gasteiger partial charge in [-0.15, -0.1) is 0 Å². The van der Waals surface area contributed by atoms with Crippen LogP contribution in [0.25, 0.3) is 6.08 Å². The van der Waals surface area contributed by atoms with E-state index in [9.17, 15) is 9.59 Å². The number of amides is 1. The van der Waals surface area contributed by atoms with Crippen LogP contribution in [0, 0.1) is 0 Å². The lowest BCUT2D eigenvalue weighted by Crippen LogP contribution is -2.30. The predicted molar refractivity (Wildman–Crippen MR) is 112 cm³/mol. The zero-order valence-corrected chi connectivity index (χ0v) is 17.4. The third-order valence-corrected chi connectivity index (χ3v) is 4.25. The molecule has 2 rings (SSSR count). The summed E-state index contributed by atoms with van der Waals surface area (Å²) < 4.78 is 15.7. The molecule has 0 spiro atoms. The summed E-state index contributed by atoms with van der Waals surface area (Å²) in [4.78, 5) is 23.9. The maximum absolute atomic E-state index is 12.0. The van der Waals surface area contributed by atoms with Gasteiger partial charge in [-0.05, 0) is 43.2 Å². The molecule has 29 heavy (non-hydrogen) atoms. The molecule has 0 aliphatic rings. The van der Waals surface area contributed by atoms with Gasteiger partial charge in [-0.2, -0.15) is 0 Å². The van der Waals surface area contributed by atoms with Crippen LogP contribution in [0.15, 0.2) is 48.5 Å². The van der Waals surface area contributed by atoms with Gasteiger partial charge in [-0.25, -0.2) is 4.79 Å². The van der Waals surface area contributed by atoms with Crippen molar-refractivity contribution in [2.24, 2.45) is 0 Å². The van der Waals surface area contributed by atoms with Crippen molar-refractivity contribution in [2.45, 2.75) is 19.9 Å². The number of carbonyl (C=O) groups excluding carboxylic acids is 2. The number of esters is 1. The molecule has 0 aliphatic heterocycles. The summed E-state index contributed by atoms with van der Waals surface area (Å²) in [5.41, 5.74) is 1.60. The molecule has 0 aromatic heterocycles. The zero-order valence-electron chi connectivity index (χ0n) is 16.6. The highest BCUT2D eigenvalue weighted by Gasteiger charge is 2.12. The molecule has 0 saturated carbocycles. The number of hydrogen-bond acceptors (Lipinski definition) is 5. The van der Waals surface area contributed by atoms with Crippen LogP contribution in [0.1, 0.15) is 31.0 Å². The van der Waals surface area contributed by atoms with Crippen molar-refractivity contribution < 1.29 is 23.8 Å². The molecule has 154 valence electrons. The Morgan fingerprint density at radius 3 is 2.59 bits per heavy atom. The molecule has 0 fully saturated rings. The van der Waals surface area contributed by atoms with Gasteiger partial charge < -0.3 is 19.5 Å². The van der Waals surface area contributed by atoms with E-state index in [1.54, 1.807) is 12.1 Å². The summed E-state index contributed by atoms with van der Waals surface area (Å²) >= 11 is 6.18. The van der Waals surface area contributed by atoms with Crippen LogP contribution in [0.3, 0.4) is 0 Å². The van der Waals surface area contributed by atoms with Gasteiger partial charge in [0.2, 0.25) is 0 Å². The minimum atomic E-state index is -0.641. The SMILES string of the molecule is CCOc1cc(/C=C/C(=O)OCC(=O)N[C@H](C)c2ccccc2)cc(Cl)c1OC. The van der Waals surface area contributed by atoms with Crippen molar-refractivity contribution in [3.05, 3.63) is 64.7 Å². The Morgan fingerprint density at radius 1 is 1.21 bits per heavy atom. The standard InChI is InChI=1S/C22H24ClNO5/c1-4-28-19-13-16(12-18(23)22(19)27-3)10-11-21(26)29-14-20(25)24-15(2)17-8-6-5-7-9-17/h5-13,15H,4,14H2,1-3H3,(H,24,25)/b11-10+/t15-/m1/s1. The highest BCUT2D eigenvalue weighted by Crippen LogP contribution is 2.36. The molecule has 0 heterocycles. The van der Waals surface area contributed by atoms with Crippen molar-refractivity contribution in [1.82, 2.24) is 5.32 Å². The average Bonchev–Trinajstić information content (AvgIpc) is 2.71. The molecule has 6 nitrogen and oxygen atoms in total. The highest BCUT2D eigenvalue weighted by molar-refractivity contribution is 6.32. The van der Waals surface area contributed by atoms with Crippen LogP contribution in [0.2, 0.25) is 5.02 Å². The maximum atomic E-state index is 12.0. The lowest BCUT2D eigenvalue weighted by atomic mass is 10.1. The van der Waals surface area contributed by atoms with Gasteiger partial charge >= 0.3 is 5.97 Å². The molecular weight excluding hydrogens is 394 g/mol. The fourth-order valence-electron chi connectivity index (χ4n) is 2.60. The Kier molecular flexibility index (Phi) is 8.55. The number of benzene rings is 2. The molecule has 1 atom stereocenters. The lowest BCUT2D eigenvalue weighted by molar-refractivity contribution is -0.144.